The van der Waals surface area contributed by atoms with E-state index in [9.17, 15) is 0 Å². The van der Waals surface area contributed by atoms with Crippen molar-refractivity contribution in [1.82, 2.24) is 9.88 Å². The van der Waals surface area contributed by atoms with Gasteiger partial charge in [-0.3, -0.25) is 9.88 Å². The molecule has 0 fully saturated rings. The minimum Gasteiger partial charge on any atom is -0.287 e. The summed E-state index contributed by atoms with van der Waals surface area (Å²) in [4.78, 5) is 6.56. The van der Waals surface area contributed by atoms with Gasteiger partial charge < -0.3 is 0 Å². The van der Waals surface area contributed by atoms with E-state index in [0.717, 1.165) is 24.2 Å². The van der Waals surface area contributed by atoms with E-state index in [0.29, 0.717) is 0 Å². The number of aromatic nitrogens is 1. The quantitative estimate of drug-likeness (QED) is 0.786. The van der Waals surface area contributed by atoms with E-state index in [1.54, 1.807) is 6.20 Å². The van der Waals surface area contributed by atoms with Crippen molar-refractivity contribution in [2.45, 2.75) is 19.9 Å². The molecule has 0 spiro atoms. The van der Waals surface area contributed by atoms with Gasteiger partial charge in [0.25, 0.3) is 0 Å². The van der Waals surface area contributed by atoms with Crippen LogP contribution in [0.15, 0.2) is 54.9 Å². The lowest BCUT2D eigenvalue weighted by Gasteiger charge is -2.25. The molecule has 0 bridgehead atoms. The summed E-state index contributed by atoms with van der Waals surface area (Å²) in [5, 5.41) is 0. The van der Waals surface area contributed by atoms with E-state index in [4.69, 9.17) is 0 Å². The van der Waals surface area contributed by atoms with Crippen molar-refractivity contribution >= 4 is 0 Å². The van der Waals surface area contributed by atoms with Gasteiger partial charge in [-0.1, -0.05) is 50.0 Å². The number of hydrogen-bond donors (Lipinski definition) is 0. The number of benzene rings is 1. The van der Waals surface area contributed by atoms with Crippen LogP contribution in [0.25, 0.3) is 0 Å². The molecule has 0 N–H and O–H groups in total. The molecule has 102 valence electrons. The highest BCUT2D eigenvalue weighted by atomic mass is 15.1. The third-order valence-electron chi connectivity index (χ3n) is 3.30. The Bertz CT molecular complexity index is 563. The van der Waals surface area contributed by atoms with Crippen LogP contribution in [0.5, 0.6) is 0 Å². The van der Waals surface area contributed by atoms with Crippen LogP contribution in [-0.4, -0.2) is 23.0 Å². The largest absolute Gasteiger partial charge is 0.287 e. The minimum absolute atomic E-state index is 0.0962. The third kappa shape index (κ3) is 3.69. The lowest BCUT2D eigenvalue weighted by Crippen LogP contribution is -2.27. The van der Waals surface area contributed by atoms with Crippen LogP contribution in [-0.2, 0) is 0 Å². The van der Waals surface area contributed by atoms with E-state index < -0.39 is 0 Å². The van der Waals surface area contributed by atoms with E-state index in [1.807, 2.05) is 42.6 Å². The molecule has 2 nitrogen and oxygen atoms in total. The van der Waals surface area contributed by atoms with Crippen molar-refractivity contribution in [2.24, 2.45) is 0 Å². The van der Waals surface area contributed by atoms with Crippen molar-refractivity contribution < 1.29 is 0 Å². The van der Waals surface area contributed by atoms with Crippen molar-refractivity contribution in [3.8, 4) is 11.8 Å². The Hall–Kier alpha value is -2.11. The normalized spacial score (nSPS) is 11.8. The first-order valence-electron chi connectivity index (χ1n) is 7.05. The fourth-order valence-electron chi connectivity index (χ4n) is 2.19. The average Bonchev–Trinajstić information content (AvgIpc) is 2.53. The number of rotatable bonds is 4. The molecule has 1 heterocycles. The maximum Gasteiger partial charge on any atom is 0.0989 e. The van der Waals surface area contributed by atoms with Gasteiger partial charge in [-0.15, -0.1) is 0 Å². The lowest BCUT2D eigenvalue weighted by atomic mass is 10.1. The van der Waals surface area contributed by atoms with Gasteiger partial charge >= 0.3 is 0 Å². The monoisotopic (exact) mass is 264 g/mol. The zero-order chi connectivity index (χ0) is 14.2. The Balaban J connectivity index is 2.31. The van der Waals surface area contributed by atoms with Crippen molar-refractivity contribution in [2.75, 3.05) is 13.1 Å². The summed E-state index contributed by atoms with van der Waals surface area (Å²) in [6.45, 7) is 6.27. The molecule has 2 heteroatoms. The van der Waals surface area contributed by atoms with Gasteiger partial charge in [0.05, 0.1) is 6.04 Å². The van der Waals surface area contributed by atoms with Gasteiger partial charge in [0.15, 0.2) is 0 Å². The molecule has 0 radical (unpaired) electrons. The fraction of sp³-hybridized carbons (Fsp3) is 0.278. The van der Waals surface area contributed by atoms with Gasteiger partial charge in [-0.2, -0.15) is 0 Å². The highest BCUT2D eigenvalue weighted by Gasteiger charge is 2.15. The van der Waals surface area contributed by atoms with Crippen LogP contribution >= 0.6 is 0 Å². The first-order valence-corrected chi connectivity index (χ1v) is 7.05. The van der Waals surface area contributed by atoms with Crippen LogP contribution in [0.2, 0.25) is 0 Å². The molecule has 0 saturated heterocycles. The Morgan fingerprint density at radius 3 is 2.40 bits per heavy atom. The number of hydrogen-bond acceptors (Lipinski definition) is 2. The Morgan fingerprint density at radius 2 is 1.80 bits per heavy atom. The summed E-state index contributed by atoms with van der Waals surface area (Å²) >= 11 is 0. The molecular weight excluding hydrogens is 244 g/mol. The molecule has 1 aromatic heterocycles. The molecule has 1 atom stereocenters. The van der Waals surface area contributed by atoms with Gasteiger partial charge in [0, 0.05) is 18.0 Å². The zero-order valence-corrected chi connectivity index (χ0v) is 12.1. The summed E-state index contributed by atoms with van der Waals surface area (Å²) in [5.41, 5.74) is 2.20. The highest BCUT2D eigenvalue weighted by molar-refractivity contribution is 5.37. The summed E-state index contributed by atoms with van der Waals surface area (Å²) in [5.74, 6) is 6.66. The van der Waals surface area contributed by atoms with Gasteiger partial charge in [0.1, 0.15) is 0 Å². The van der Waals surface area contributed by atoms with Crippen molar-refractivity contribution in [3.05, 3.63) is 66.0 Å². The third-order valence-corrected chi connectivity index (χ3v) is 3.30. The summed E-state index contributed by atoms with van der Waals surface area (Å²) in [7, 11) is 0. The van der Waals surface area contributed by atoms with E-state index in [-0.39, 0.29) is 6.04 Å². The Kier molecular flexibility index (Phi) is 5.34. The summed E-state index contributed by atoms with van der Waals surface area (Å²) < 4.78 is 0. The molecule has 0 aliphatic heterocycles. The first kappa shape index (κ1) is 14.3. The van der Waals surface area contributed by atoms with E-state index >= 15 is 0 Å². The molecule has 0 aliphatic carbocycles. The predicted octanol–water partition coefficient (Wildman–Crippen LogP) is 3.52. The topological polar surface area (TPSA) is 16.1 Å². The molecule has 1 aromatic carbocycles. The van der Waals surface area contributed by atoms with Gasteiger partial charge in [-0.25, -0.2) is 0 Å². The maximum absolute atomic E-state index is 4.22. The van der Waals surface area contributed by atoms with Crippen molar-refractivity contribution in [1.29, 1.82) is 0 Å². The van der Waals surface area contributed by atoms with Crippen LogP contribution in [0.3, 0.4) is 0 Å². The molecule has 0 aliphatic rings. The Labute approximate surface area is 121 Å². The molecule has 20 heavy (non-hydrogen) atoms. The molecule has 2 aromatic rings. The second kappa shape index (κ2) is 7.47. The lowest BCUT2D eigenvalue weighted by molar-refractivity contribution is 0.264. The number of pyridine rings is 1. The van der Waals surface area contributed by atoms with Crippen LogP contribution in [0.4, 0.5) is 0 Å². The summed E-state index contributed by atoms with van der Waals surface area (Å²) in [6.07, 6.45) is 3.70. The zero-order valence-electron chi connectivity index (χ0n) is 12.1. The molecule has 1 unspecified atom stereocenters. The predicted molar refractivity (Wildman–Crippen MR) is 83.2 cm³/mol. The van der Waals surface area contributed by atoms with Crippen LogP contribution in [0, 0.1) is 11.8 Å². The maximum atomic E-state index is 4.22. The summed E-state index contributed by atoms with van der Waals surface area (Å²) in [6, 6.07) is 14.3. The molecular formula is C18H20N2. The van der Waals surface area contributed by atoms with Crippen LogP contribution < -0.4 is 0 Å². The second-order valence-electron chi connectivity index (χ2n) is 4.55. The Morgan fingerprint density at radius 1 is 1.05 bits per heavy atom. The van der Waals surface area contributed by atoms with E-state index in [1.165, 1.54) is 0 Å². The van der Waals surface area contributed by atoms with Crippen LogP contribution in [0.1, 0.15) is 31.0 Å². The smallest absolute Gasteiger partial charge is 0.0989 e. The minimum atomic E-state index is 0.0962. The van der Waals surface area contributed by atoms with Crippen molar-refractivity contribution in [3.63, 3.8) is 0 Å². The standard InChI is InChI=1S/C18H20N2/c1-3-20(4-2)18(17-11-8-14-19-15-17)13-12-16-9-6-5-7-10-16/h5-11,14-15,18H,3-4H2,1-2H3. The highest BCUT2D eigenvalue weighted by Crippen LogP contribution is 2.18. The fourth-order valence-corrected chi connectivity index (χ4v) is 2.19. The van der Waals surface area contributed by atoms with Gasteiger partial charge in [0.2, 0.25) is 0 Å². The molecule has 0 saturated carbocycles. The molecule has 2 rings (SSSR count). The SMILES string of the molecule is CCN(CC)C(C#Cc1ccccc1)c1cccnc1. The molecule has 0 amide bonds. The number of nitrogens with zero attached hydrogens (tertiary/aromatic N) is 2. The van der Waals surface area contributed by atoms with Gasteiger partial charge in [-0.05, 0) is 36.9 Å². The second-order valence-corrected chi connectivity index (χ2v) is 4.55. The van der Waals surface area contributed by atoms with E-state index in [2.05, 4.69) is 41.6 Å². The first-order chi connectivity index (χ1) is 9.85. The average molecular weight is 264 g/mol.